The number of carbonyl (C=O) groups excluding carboxylic acids is 1. The number of hydrogen-bond donors (Lipinski definition) is 1. The van der Waals surface area contributed by atoms with E-state index in [2.05, 4.69) is 45.8 Å². The number of hydrogen-bond acceptors (Lipinski definition) is 6. The van der Waals surface area contributed by atoms with Crippen LogP contribution in [0.5, 0.6) is 0 Å². The molecule has 1 atom stereocenters. The van der Waals surface area contributed by atoms with Crippen molar-refractivity contribution in [2.75, 3.05) is 45.2 Å². The Hall–Kier alpha value is -2.48. The highest BCUT2D eigenvalue weighted by molar-refractivity contribution is 5.91. The van der Waals surface area contributed by atoms with Gasteiger partial charge in [0.2, 0.25) is 5.82 Å². The van der Waals surface area contributed by atoms with Gasteiger partial charge in [-0.25, -0.2) is 15.0 Å². The van der Waals surface area contributed by atoms with Crippen molar-refractivity contribution >= 4 is 11.7 Å². The van der Waals surface area contributed by atoms with E-state index in [1.165, 1.54) is 0 Å². The van der Waals surface area contributed by atoms with Gasteiger partial charge in [-0.15, -0.1) is 0 Å². The molecule has 8 nitrogen and oxygen atoms in total. The van der Waals surface area contributed by atoms with Gasteiger partial charge in [0.25, 0.3) is 5.91 Å². The standard InChI is InChI=1S/C21H31N7O/c1-14-15(2)24-19(25-20(14)28-10-7-17(12-28)26(3)4)21(29)27-8-5-16(6-9-27)18-11-22-13-23-18/h11,13,16-17H,5-10,12H2,1-4H3,(H,22,23)/t17-/m1/s1. The average molecular weight is 398 g/mol. The highest BCUT2D eigenvalue weighted by atomic mass is 16.2. The van der Waals surface area contributed by atoms with E-state index in [9.17, 15) is 4.79 Å². The zero-order valence-corrected chi connectivity index (χ0v) is 17.9. The lowest BCUT2D eigenvalue weighted by Gasteiger charge is -2.31. The number of rotatable bonds is 4. The van der Waals surface area contributed by atoms with Crippen LogP contribution in [0.4, 0.5) is 5.82 Å². The molecule has 8 heteroatoms. The molecule has 4 rings (SSSR count). The number of imidazole rings is 1. The van der Waals surface area contributed by atoms with Gasteiger partial charge in [0, 0.05) is 61.3 Å². The number of H-pyrrole nitrogens is 1. The Kier molecular flexibility index (Phi) is 5.54. The molecule has 156 valence electrons. The summed E-state index contributed by atoms with van der Waals surface area (Å²) in [4.78, 5) is 36.2. The summed E-state index contributed by atoms with van der Waals surface area (Å²) in [6.07, 6.45) is 6.58. The van der Waals surface area contributed by atoms with Gasteiger partial charge in [-0.05, 0) is 47.2 Å². The van der Waals surface area contributed by atoms with E-state index in [0.717, 1.165) is 68.2 Å². The largest absolute Gasteiger partial charge is 0.355 e. The van der Waals surface area contributed by atoms with Crippen LogP contribution >= 0.6 is 0 Å². The third kappa shape index (κ3) is 3.99. The van der Waals surface area contributed by atoms with Crippen LogP contribution in [0, 0.1) is 13.8 Å². The number of likely N-dealkylation sites (tertiary alicyclic amines) is 1. The number of likely N-dealkylation sites (N-methyl/N-ethyl adjacent to an activating group) is 1. The Bertz CT molecular complexity index is 856. The van der Waals surface area contributed by atoms with E-state index < -0.39 is 0 Å². The first-order valence-electron chi connectivity index (χ1n) is 10.5. The molecule has 0 saturated carbocycles. The Morgan fingerprint density at radius 1 is 1.14 bits per heavy atom. The first-order chi connectivity index (χ1) is 13.9. The fraction of sp³-hybridized carbons (Fsp3) is 0.619. The topological polar surface area (TPSA) is 81.2 Å². The molecule has 2 saturated heterocycles. The van der Waals surface area contributed by atoms with Crippen molar-refractivity contribution in [3.05, 3.63) is 35.3 Å². The molecule has 2 aliphatic heterocycles. The molecule has 0 unspecified atom stereocenters. The second-order valence-corrected chi connectivity index (χ2v) is 8.51. The summed E-state index contributed by atoms with van der Waals surface area (Å²) in [5, 5.41) is 0. The predicted octanol–water partition coefficient (Wildman–Crippen LogP) is 1.98. The predicted molar refractivity (Wildman–Crippen MR) is 112 cm³/mol. The minimum atomic E-state index is -0.0548. The summed E-state index contributed by atoms with van der Waals surface area (Å²) in [5.41, 5.74) is 3.12. The van der Waals surface area contributed by atoms with Crippen molar-refractivity contribution in [2.24, 2.45) is 0 Å². The van der Waals surface area contributed by atoms with Crippen molar-refractivity contribution in [3.8, 4) is 0 Å². The van der Waals surface area contributed by atoms with E-state index in [1.54, 1.807) is 6.33 Å². The summed E-state index contributed by atoms with van der Waals surface area (Å²) in [5.74, 6) is 1.63. The van der Waals surface area contributed by atoms with E-state index in [0.29, 0.717) is 17.8 Å². The van der Waals surface area contributed by atoms with Crippen molar-refractivity contribution in [1.82, 2.24) is 29.7 Å². The molecule has 0 bridgehead atoms. The molecule has 2 aromatic heterocycles. The second-order valence-electron chi connectivity index (χ2n) is 8.51. The Labute approximate surface area is 172 Å². The number of aromatic nitrogens is 4. The molecular weight excluding hydrogens is 366 g/mol. The Balaban J connectivity index is 1.48. The third-order valence-electron chi connectivity index (χ3n) is 6.49. The van der Waals surface area contributed by atoms with Gasteiger partial charge in [0.1, 0.15) is 5.82 Å². The third-order valence-corrected chi connectivity index (χ3v) is 6.49. The minimum absolute atomic E-state index is 0.0548. The van der Waals surface area contributed by atoms with Crippen LogP contribution in [0.15, 0.2) is 12.5 Å². The van der Waals surface area contributed by atoms with Crippen molar-refractivity contribution < 1.29 is 4.79 Å². The number of aromatic amines is 1. The quantitative estimate of drug-likeness (QED) is 0.850. The summed E-state index contributed by atoms with van der Waals surface area (Å²) < 4.78 is 0. The fourth-order valence-corrected chi connectivity index (χ4v) is 4.40. The zero-order valence-electron chi connectivity index (χ0n) is 17.9. The van der Waals surface area contributed by atoms with E-state index in [4.69, 9.17) is 4.98 Å². The number of piperidine rings is 1. The second kappa shape index (κ2) is 8.10. The Morgan fingerprint density at radius 3 is 2.52 bits per heavy atom. The van der Waals surface area contributed by atoms with Gasteiger partial charge < -0.3 is 19.7 Å². The molecule has 1 amide bonds. The highest BCUT2D eigenvalue weighted by Gasteiger charge is 2.30. The SMILES string of the molecule is Cc1nc(C(=O)N2CCC(c3cnc[nH]3)CC2)nc(N2CC[C@@H](N(C)C)C2)c1C. The average Bonchev–Trinajstić information content (AvgIpc) is 3.42. The van der Waals surface area contributed by atoms with Crippen LogP contribution in [0.25, 0.3) is 0 Å². The van der Waals surface area contributed by atoms with Crippen LogP contribution in [0.3, 0.4) is 0 Å². The molecule has 0 aromatic carbocycles. The van der Waals surface area contributed by atoms with Gasteiger partial charge in [0.05, 0.1) is 6.33 Å². The molecule has 29 heavy (non-hydrogen) atoms. The maximum Gasteiger partial charge on any atom is 0.291 e. The first kappa shape index (κ1) is 19.8. The van der Waals surface area contributed by atoms with Crippen LogP contribution in [-0.4, -0.2) is 82.0 Å². The number of aryl methyl sites for hydroxylation is 1. The number of nitrogens with zero attached hydrogens (tertiary/aromatic N) is 6. The van der Waals surface area contributed by atoms with Gasteiger partial charge >= 0.3 is 0 Å². The lowest BCUT2D eigenvalue weighted by Crippen LogP contribution is -2.39. The maximum absolute atomic E-state index is 13.2. The van der Waals surface area contributed by atoms with Gasteiger partial charge in [-0.3, -0.25) is 4.79 Å². The lowest BCUT2D eigenvalue weighted by atomic mass is 9.94. The van der Waals surface area contributed by atoms with E-state index in [-0.39, 0.29) is 5.91 Å². The molecule has 0 aliphatic carbocycles. The smallest absolute Gasteiger partial charge is 0.291 e. The van der Waals surface area contributed by atoms with E-state index in [1.807, 2.05) is 18.0 Å². The van der Waals surface area contributed by atoms with Crippen LogP contribution in [-0.2, 0) is 0 Å². The van der Waals surface area contributed by atoms with Crippen molar-refractivity contribution in [2.45, 2.75) is 45.1 Å². The fourth-order valence-electron chi connectivity index (χ4n) is 4.40. The zero-order chi connectivity index (χ0) is 20.5. The molecule has 1 N–H and O–H groups in total. The summed E-state index contributed by atoms with van der Waals surface area (Å²) in [7, 11) is 4.24. The molecule has 2 aliphatic rings. The summed E-state index contributed by atoms with van der Waals surface area (Å²) in [6.45, 7) is 7.37. The number of nitrogens with one attached hydrogen (secondary N) is 1. The monoisotopic (exact) mass is 397 g/mol. The molecule has 0 radical (unpaired) electrons. The Morgan fingerprint density at radius 2 is 1.90 bits per heavy atom. The minimum Gasteiger partial charge on any atom is -0.355 e. The maximum atomic E-state index is 13.2. The molecule has 0 spiro atoms. The molecule has 2 aromatic rings. The number of amides is 1. The van der Waals surface area contributed by atoms with Crippen molar-refractivity contribution in [1.29, 1.82) is 0 Å². The molecule has 4 heterocycles. The first-order valence-corrected chi connectivity index (χ1v) is 10.5. The number of anilines is 1. The normalized spacial score (nSPS) is 20.7. The van der Waals surface area contributed by atoms with Gasteiger partial charge in [0.15, 0.2) is 0 Å². The van der Waals surface area contributed by atoms with E-state index >= 15 is 0 Å². The molecule has 2 fully saturated rings. The van der Waals surface area contributed by atoms with Crippen LogP contribution in [0.1, 0.15) is 52.8 Å². The highest BCUT2D eigenvalue weighted by Crippen LogP contribution is 2.28. The van der Waals surface area contributed by atoms with Gasteiger partial charge in [-0.1, -0.05) is 0 Å². The lowest BCUT2D eigenvalue weighted by molar-refractivity contribution is 0.0699. The summed E-state index contributed by atoms with van der Waals surface area (Å²) >= 11 is 0. The number of carbonyl (C=O) groups is 1. The summed E-state index contributed by atoms with van der Waals surface area (Å²) in [6, 6.07) is 0.519. The van der Waals surface area contributed by atoms with Crippen molar-refractivity contribution in [3.63, 3.8) is 0 Å². The van der Waals surface area contributed by atoms with Crippen LogP contribution in [0.2, 0.25) is 0 Å². The van der Waals surface area contributed by atoms with Crippen LogP contribution < -0.4 is 4.90 Å². The molecular formula is C21H31N7O. The van der Waals surface area contributed by atoms with Gasteiger partial charge in [-0.2, -0.15) is 0 Å².